The first-order valence-electron chi connectivity index (χ1n) is 7.28. The van der Waals surface area contributed by atoms with Gasteiger partial charge in [0.1, 0.15) is 6.61 Å². The molecule has 25 heavy (non-hydrogen) atoms. The van der Waals surface area contributed by atoms with E-state index in [4.69, 9.17) is 9.47 Å². The van der Waals surface area contributed by atoms with E-state index in [1.165, 1.54) is 57.6 Å². The molecular weight excluding hydrogens is 349 g/mol. The van der Waals surface area contributed by atoms with E-state index >= 15 is 0 Å². The Morgan fingerprint density at radius 2 is 1.88 bits per heavy atom. The van der Waals surface area contributed by atoms with E-state index in [0.29, 0.717) is 5.56 Å². The molecule has 0 amide bonds. The zero-order chi connectivity index (χ0) is 18.6. The second-order valence-electron chi connectivity index (χ2n) is 5.36. The molecular formula is C17H18FNO5S. The fraction of sp³-hybridized carbons (Fsp3) is 0.235. The van der Waals surface area contributed by atoms with Gasteiger partial charge < -0.3 is 9.47 Å². The third-order valence-corrected chi connectivity index (χ3v) is 5.25. The molecule has 6 nitrogen and oxygen atoms in total. The van der Waals surface area contributed by atoms with Crippen LogP contribution in [0.4, 0.5) is 4.39 Å². The van der Waals surface area contributed by atoms with Crippen LogP contribution in [0.3, 0.4) is 0 Å². The summed E-state index contributed by atoms with van der Waals surface area (Å²) in [4.78, 5) is 12.1. The molecule has 0 aliphatic rings. The Labute approximate surface area is 145 Å². The van der Waals surface area contributed by atoms with Gasteiger partial charge in [-0.2, -0.15) is 0 Å². The predicted molar refractivity (Wildman–Crippen MR) is 89.4 cm³/mol. The normalized spacial score (nSPS) is 11.4. The number of carbonyl (C=O) groups is 1. The number of hydrogen-bond donors (Lipinski definition) is 0. The molecule has 0 saturated carbocycles. The quantitative estimate of drug-likeness (QED) is 0.734. The number of hydrogen-bond acceptors (Lipinski definition) is 5. The molecule has 0 aromatic heterocycles. The molecule has 0 aliphatic carbocycles. The Morgan fingerprint density at radius 1 is 1.16 bits per heavy atom. The Morgan fingerprint density at radius 3 is 2.48 bits per heavy atom. The summed E-state index contributed by atoms with van der Waals surface area (Å²) in [6, 6.07) is 9.76. The average Bonchev–Trinajstić information content (AvgIpc) is 2.59. The van der Waals surface area contributed by atoms with E-state index in [-0.39, 0.29) is 22.8 Å². The SMILES string of the molecule is COc1ccc(COC(=O)c2cccc(S(=O)(=O)N(C)C)c2)cc1F. The van der Waals surface area contributed by atoms with E-state index in [0.717, 1.165) is 4.31 Å². The average molecular weight is 367 g/mol. The maximum atomic E-state index is 13.6. The maximum absolute atomic E-state index is 13.6. The highest BCUT2D eigenvalue weighted by atomic mass is 32.2. The van der Waals surface area contributed by atoms with Crippen molar-refractivity contribution >= 4 is 16.0 Å². The third-order valence-electron chi connectivity index (χ3n) is 3.43. The minimum absolute atomic E-state index is 0.0116. The molecule has 2 aromatic carbocycles. The van der Waals surface area contributed by atoms with Gasteiger partial charge in [0, 0.05) is 14.1 Å². The minimum Gasteiger partial charge on any atom is -0.494 e. The second kappa shape index (κ2) is 7.62. The zero-order valence-electron chi connectivity index (χ0n) is 14.0. The van der Waals surface area contributed by atoms with Gasteiger partial charge in [0.2, 0.25) is 10.0 Å². The summed E-state index contributed by atoms with van der Waals surface area (Å²) in [6.45, 7) is -0.148. The summed E-state index contributed by atoms with van der Waals surface area (Å²) in [5.41, 5.74) is 0.542. The van der Waals surface area contributed by atoms with E-state index < -0.39 is 21.8 Å². The Balaban J connectivity index is 2.13. The van der Waals surface area contributed by atoms with Crippen molar-refractivity contribution in [3.63, 3.8) is 0 Å². The fourth-order valence-corrected chi connectivity index (χ4v) is 2.97. The number of benzene rings is 2. The van der Waals surface area contributed by atoms with Crippen molar-refractivity contribution in [1.82, 2.24) is 4.31 Å². The van der Waals surface area contributed by atoms with Crippen LogP contribution in [0.1, 0.15) is 15.9 Å². The van der Waals surface area contributed by atoms with Gasteiger partial charge in [0.15, 0.2) is 11.6 Å². The zero-order valence-corrected chi connectivity index (χ0v) is 14.8. The van der Waals surface area contributed by atoms with Gasteiger partial charge in [0.05, 0.1) is 17.6 Å². The third kappa shape index (κ3) is 4.34. The molecule has 0 aliphatic heterocycles. The lowest BCUT2D eigenvalue weighted by atomic mass is 10.2. The van der Waals surface area contributed by atoms with Gasteiger partial charge in [-0.1, -0.05) is 12.1 Å². The van der Waals surface area contributed by atoms with Gasteiger partial charge in [-0.3, -0.25) is 0 Å². The van der Waals surface area contributed by atoms with Crippen LogP contribution in [0.15, 0.2) is 47.4 Å². The van der Waals surface area contributed by atoms with Crippen LogP contribution in [-0.2, 0) is 21.4 Å². The first-order valence-corrected chi connectivity index (χ1v) is 8.72. The Hall–Kier alpha value is -2.45. The van der Waals surface area contributed by atoms with Crippen LogP contribution in [0.25, 0.3) is 0 Å². The van der Waals surface area contributed by atoms with Crippen LogP contribution in [0.2, 0.25) is 0 Å². The number of carbonyl (C=O) groups excluding carboxylic acids is 1. The van der Waals surface area contributed by atoms with Gasteiger partial charge in [-0.05, 0) is 35.9 Å². The Kier molecular flexibility index (Phi) is 5.76. The van der Waals surface area contributed by atoms with Crippen LogP contribution >= 0.6 is 0 Å². The lowest BCUT2D eigenvalue weighted by Gasteiger charge is -2.12. The van der Waals surface area contributed by atoms with E-state index in [1.807, 2.05) is 0 Å². The number of nitrogens with zero attached hydrogens (tertiary/aromatic N) is 1. The highest BCUT2D eigenvalue weighted by Crippen LogP contribution is 2.19. The van der Waals surface area contributed by atoms with Crippen molar-refractivity contribution in [2.45, 2.75) is 11.5 Å². The highest BCUT2D eigenvalue weighted by molar-refractivity contribution is 7.89. The lowest BCUT2D eigenvalue weighted by Crippen LogP contribution is -2.22. The number of rotatable bonds is 6. The first kappa shape index (κ1) is 18.9. The monoisotopic (exact) mass is 367 g/mol. The molecule has 0 bridgehead atoms. The van der Waals surface area contributed by atoms with Gasteiger partial charge in [-0.15, -0.1) is 0 Å². The lowest BCUT2D eigenvalue weighted by molar-refractivity contribution is 0.0472. The summed E-state index contributed by atoms with van der Waals surface area (Å²) in [5.74, 6) is -1.17. The maximum Gasteiger partial charge on any atom is 0.338 e. The van der Waals surface area contributed by atoms with Crippen LogP contribution in [0.5, 0.6) is 5.75 Å². The van der Waals surface area contributed by atoms with Crippen LogP contribution < -0.4 is 4.74 Å². The van der Waals surface area contributed by atoms with Crippen molar-refractivity contribution in [1.29, 1.82) is 0 Å². The Bertz CT molecular complexity index is 880. The molecule has 0 heterocycles. The molecule has 2 aromatic rings. The van der Waals surface area contributed by atoms with E-state index in [2.05, 4.69) is 0 Å². The smallest absolute Gasteiger partial charge is 0.338 e. The summed E-state index contributed by atoms with van der Waals surface area (Å²) in [6.07, 6.45) is 0. The topological polar surface area (TPSA) is 72.9 Å². The summed E-state index contributed by atoms with van der Waals surface area (Å²) >= 11 is 0. The minimum atomic E-state index is -3.65. The summed E-state index contributed by atoms with van der Waals surface area (Å²) in [7, 11) is 0.505. The molecule has 0 radical (unpaired) electrons. The molecule has 0 fully saturated rings. The van der Waals surface area contributed by atoms with Gasteiger partial charge >= 0.3 is 5.97 Å². The predicted octanol–water partition coefficient (Wildman–Crippen LogP) is 2.44. The molecule has 0 N–H and O–H groups in total. The van der Waals surface area contributed by atoms with Crippen LogP contribution in [0, 0.1) is 5.82 Å². The number of esters is 1. The van der Waals surface area contributed by atoms with Crippen molar-refractivity contribution in [3.05, 3.63) is 59.4 Å². The van der Waals surface area contributed by atoms with Gasteiger partial charge in [0.25, 0.3) is 0 Å². The number of sulfonamides is 1. The number of ether oxygens (including phenoxy) is 2. The number of methoxy groups -OCH3 is 1. The van der Waals surface area contributed by atoms with E-state index in [9.17, 15) is 17.6 Å². The molecule has 0 atom stereocenters. The molecule has 0 saturated heterocycles. The van der Waals surface area contributed by atoms with Crippen molar-refractivity contribution in [2.24, 2.45) is 0 Å². The van der Waals surface area contributed by atoms with E-state index in [1.54, 1.807) is 6.07 Å². The molecule has 0 unspecified atom stereocenters. The van der Waals surface area contributed by atoms with Gasteiger partial charge in [-0.25, -0.2) is 21.9 Å². The summed E-state index contributed by atoms with van der Waals surface area (Å²) < 4.78 is 48.8. The molecule has 2 rings (SSSR count). The second-order valence-corrected chi connectivity index (χ2v) is 7.51. The molecule has 134 valence electrons. The standard InChI is InChI=1S/C17H18FNO5S/c1-19(2)25(21,22)14-6-4-5-13(10-14)17(20)24-11-12-7-8-16(23-3)15(18)9-12/h4-10H,11H2,1-3H3. The van der Waals surface area contributed by atoms with Crippen molar-refractivity contribution in [3.8, 4) is 5.75 Å². The van der Waals surface area contributed by atoms with Crippen LogP contribution in [-0.4, -0.2) is 39.9 Å². The number of halogens is 1. The summed E-state index contributed by atoms with van der Waals surface area (Å²) in [5, 5.41) is 0. The fourth-order valence-electron chi connectivity index (χ4n) is 2.03. The van der Waals surface area contributed by atoms with Crippen molar-refractivity contribution in [2.75, 3.05) is 21.2 Å². The van der Waals surface area contributed by atoms with Crippen molar-refractivity contribution < 1.29 is 27.1 Å². The largest absolute Gasteiger partial charge is 0.494 e. The molecule has 0 spiro atoms. The molecule has 8 heteroatoms. The highest BCUT2D eigenvalue weighted by Gasteiger charge is 2.19. The first-order chi connectivity index (χ1) is 11.8.